The molecule has 2 heterocycles. The van der Waals surface area contributed by atoms with Crippen LogP contribution in [0.2, 0.25) is 0 Å². The largest absolute Gasteiger partial charge is 0.493 e. The van der Waals surface area contributed by atoms with Crippen molar-refractivity contribution in [3.05, 3.63) is 29.8 Å². The minimum atomic E-state index is -1.84. The first kappa shape index (κ1) is 10.2. The maximum Gasteiger partial charge on any atom is 0.493 e. The molecule has 0 spiro atoms. The fourth-order valence-corrected chi connectivity index (χ4v) is 1.70. The highest BCUT2D eigenvalue weighted by Gasteiger charge is 2.17. The SMILES string of the molecule is OB(O)c1cnc(-c2cncs2)cc1F. The van der Waals surface area contributed by atoms with Gasteiger partial charge in [0.2, 0.25) is 0 Å². The first-order chi connectivity index (χ1) is 7.18. The second-order valence-corrected chi connectivity index (χ2v) is 3.72. The van der Waals surface area contributed by atoms with Gasteiger partial charge in [-0.15, -0.1) is 11.3 Å². The number of pyridine rings is 1. The summed E-state index contributed by atoms with van der Waals surface area (Å²) >= 11 is 1.33. The molecule has 0 amide bonds. The summed E-state index contributed by atoms with van der Waals surface area (Å²) in [7, 11) is -1.84. The lowest BCUT2D eigenvalue weighted by Gasteiger charge is -2.02. The number of hydrogen-bond donors (Lipinski definition) is 2. The molecule has 15 heavy (non-hydrogen) atoms. The summed E-state index contributed by atoms with van der Waals surface area (Å²) < 4.78 is 13.3. The molecule has 2 rings (SSSR count). The molecule has 0 aromatic carbocycles. The third kappa shape index (κ3) is 2.04. The Bertz CT molecular complexity index is 464. The van der Waals surface area contributed by atoms with Crippen LogP contribution in [0.15, 0.2) is 24.0 Å². The van der Waals surface area contributed by atoms with Crippen LogP contribution >= 0.6 is 11.3 Å². The van der Waals surface area contributed by atoms with Crippen molar-refractivity contribution < 1.29 is 14.4 Å². The number of halogens is 1. The van der Waals surface area contributed by atoms with Gasteiger partial charge in [-0.2, -0.15) is 0 Å². The first-order valence-corrected chi connectivity index (χ1v) is 4.97. The third-order valence-electron chi connectivity index (χ3n) is 1.84. The molecule has 0 aliphatic rings. The van der Waals surface area contributed by atoms with E-state index in [1.165, 1.54) is 11.3 Å². The number of rotatable bonds is 2. The van der Waals surface area contributed by atoms with Gasteiger partial charge < -0.3 is 10.0 Å². The van der Waals surface area contributed by atoms with Gasteiger partial charge >= 0.3 is 7.12 Å². The molecular weight excluding hydrogens is 218 g/mol. The topological polar surface area (TPSA) is 66.2 Å². The van der Waals surface area contributed by atoms with E-state index in [2.05, 4.69) is 9.97 Å². The summed E-state index contributed by atoms with van der Waals surface area (Å²) in [6.07, 6.45) is 2.68. The van der Waals surface area contributed by atoms with Gasteiger partial charge in [-0.3, -0.25) is 9.97 Å². The van der Waals surface area contributed by atoms with Crippen molar-refractivity contribution in [1.29, 1.82) is 0 Å². The second-order valence-electron chi connectivity index (χ2n) is 2.83. The average molecular weight is 224 g/mol. The Hall–Kier alpha value is -1.31. The van der Waals surface area contributed by atoms with Crippen LogP contribution in [0.5, 0.6) is 0 Å². The van der Waals surface area contributed by atoms with Crippen LogP contribution in [-0.2, 0) is 0 Å². The fraction of sp³-hybridized carbons (Fsp3) is 0. The van der Waals surface area contributed by atoms with Crippen molar-refractivity contribution in [2.45, 2.75) is 0 Å². The van der Waals surface area contributed by atoms with Gasteiger partial charge in [-0.1, -0.05) is 0 Å². The Morgan fingerprint density at radius 1 is 1.33 bits per heavy atom. The normalized spacial score (nSPS) is 10.3. The number of nitrogens with zero attached hydrogens (tertiary/aromatic N) is 2. The van der Waals surface area contributed by atoms with Crippen molar-refractivity contribution in [3.8, 4) is 10.6 Å². The molecule has 0 fully saturated rings. The van der Waals surface area contributed by atoms with Gasteiger partial charge in [0.1, 0.15) is 5.82 Å². The molecule has 7 heteroatoms. The van der Waals surface area contributed by atoms with E-state index in [0.717, 1.165) is 17.1 Å². The molecule has 0 unspecified atom stereocenters. The van der Waals surface area contributed by atoms with Gasteiger partial charge in [0.05, 0.1) is 16.1 Å². The van der Waals surface area contributed by atoms with Crippen molar-refractivity contribution in [2.24, 2.45) is 0 Å². The molecule has 0 aliphatic heterocycles. The van der Waals surface area contributed by atoms with E-state index in [9.17, 15) is 4.39 Å². The summed E-state index contributed by atoms with van der Waals surface area (Å²) in [5, 5.41) is 17.6. The van der Waals surface area contributed by atoms with Crippen molar-refractivity contribution >= 4 is 23.9 Å². The van der Waals surface area contributed by atoms with Crippen LogP contribution in [0, 0.1) is 5.82 Å². The molecule has 0 saturated heterocycles. The maximum absolute atomic E-state index is 13.3. The summed E-state index contributed by atoms with van der Waals surface area (Å²) in [5.41, 5.74) is 1.81. The number of aromatic nitrogens is 2. The van der Waals surface area contributed by atoms with Gasteiger partial charge in [0.25, 0.3) is 0 Å². The minimum Gasteiger partial charge on any atom is -0.423 e. The quantitative estimate of drug-likeness (QED) is 0.706. The van der Waals surface area contributed by atoms with E-state index >= 15 is 0 Å². The molecule has 2 aromatic rings. The monoisotopic (exact) mass is 224 g/mol. The molecule has 0 saturated carbocycles. The van der Waals surface area contributed by atoms with Crippen LogP contribution in [0.4, 0.5) is 4.39 Å². The predicted octanol–water partition coefficient (Wildman–Crippen LogP) is 0.0240. The molecule has 0 aliphatic carbocycles. The zero-order chi connectivity index (χ0) is 10.8. The van der Waals surface area contributed by atoms with E-state index in [4.69, 9.17) is 10.0 Å². The zero-order valence-electron chi connectivity index (χ0n) is 7.46. The van der Waals surface area contributed by atoms with Gasteiger partial charge in [-0.05, 0) is 0 Å². The van der Waals surface area contributed by atoms with E-state index in [1.54, 1.807) is 11.7 Å². The van der Waals surface area contributed by atoms with Crippen LogP contribution < -0.4 is 5.46 Å². The van der Waals surface area contributed by atoms with Crippen LogP contribution in [0.3, 0.4) is 0 Å². The smallest absolute Gasteiger partial charge is 0.423 e. The predicted molar refractivity (Wildman–Crippen MR) is 55.1 cm³/mol. The Morgan fingerprint density at radius 3 is 2.67 bits per heavy atom. The molecule has 0 radical (unpaired) electrons. The summed E-state index contributed by atoms with van der Waals surface area (Å²) in [5.74, 6) is -0.691. The first-order valence-electron chi connectivity index (χ1n) is 4.09. The molecule has 0 atom stereocenters. The van der Waals surface area contributed by atoms with Crippen LogP contribution in [-0.4, -0.2) is 27.1 Å². The molecule has 76 valence electrons. The summed E-state index contributed by atoms with van der Waals surface area (Å²) in [4.78, 5) is 8.49. The van der Waals surface area contributed by atoms with Gasteiger partial charge in [0, 0.05) is 23.9 Å². The standard InChI is InChI=1S/C8H6BFN2O2S/c10-6-1-7(8-3-11-4-15-8)12-2-5(6)9(13)14/h1-4,13-14H. The molecule has 2 aromatic heterocycles. The molecule has 4 nitrogen and oxygen atoms in total. The lowest BCUT2D eigenvalue weighted by atomic mass is 9.81. The lowest BCUT2D eigenvalue weighted by Crippen LogP contribution is -2.33. The second kappa shape index (κ2) is 4.05. The van der Waals surface area contributed by atoms with Crippen molar-refractivity contribution in [3.63, 3.8) is 0 Å². The number of thiazole rings is 1. The minimum absolute atomic E-state index is 0.233. The van der Waals surface area contributed by atoms with Gasteiger partial charge in [-0.25, -0.2) is 4.39 Å². The summed E-state index contributed by atoms with van der Waals surface area (Å²) in [6, 6.07) is 1.16. The third-order valence-corrected chi connectivity index (χ3v) is 2.64. The van der Waals surface area contributed by atoms with E-state index < -0.39 is 12.9 Å². The zero-order valence-corrected chi connectivity index (χ0v) is 8.28. The average Bonchev–Trinajstić information content (AvgIpc) is 2.69. The number of hydrogen-bond acceptors (Lipinski definition) is 5. The summed E-state index contributed by atoms with van der Waals surface area (Å²) in [6.45, 7) is 0. The highest BCUT2D eigenvalue weighted by atomic mass is 32.1. The Morgan fingerprint density at radius 2 is 2.13 bits per heavy atom. The van der Waals surface area contributed by atoms with Crippen molar-refractivity contribution in [1.82, 2.24) is 9.97 Å². The highest BCUT2D eigenvalue weighted by molar-refractivity contribution is 7.13. The highest BCUT2D eigenvalue weighted by Crippen LogP contribution is 2.20. The maximum atomic E-state index is 13.3. The van der Waals surface area contributed by atoms with Crippen LogP contribution in [0.25, 0.3) is 10.6 Å². The van der Waals surface area contributed by atoms with E-state index in [1.807, 2.05) is 0 Å². The van der Waals surface area contributed by atoms with Gasteiger partial charge in [0.15, 0.2) is 0 Å². The Balaban J connectivity index is 2.42. The van der Waals surface area contributed by atoms with E-state index in [0.29, 0.717) is 5.69 Å². The fourth-order valence-electron chi connectivity index (χ4n) is 1.11. The van der Waals surface area contributed by atoms with E-state index in [-0.39, 0.29) is 5.46 Å². The molecular formula is C8H6BFN2O2S. The van der Waals surface area contributed by atoms with Crippen LogP contribution in [0.1, 0.15) is 0 Å². The van der Waals surface area contributed by atoms with Crippen molar-refractivity contribution in [2.75, 3.05) is 0 Å². The lowest BCUT2D eigenvalue weighted by molar-refractivity contribution is 0.423. The molecule has 2 N–H and O–H groups in total. The molecule has 0 bridgehead atoms. The Labute approximate surface area is 89.2 Å². The Kier molecular flexibility index (Phi) is 2.76.